The first kappa shape index (κ1) is 22.9. The summed E-state index contributed by atoms with van der Waals surface area (Å²) in [5, 5.41) is 0. The van der Waals surface area contributed by atoms with Crippen LogP contribution in [0, 0.1) is 5.41 Å². The standard InChI is InChI=1S/C22H38O3Si/c1-8-10-17-22(18-11-9-2,25-26(5,6)7)21(3,4)20(23)24-19-15-13-12-14-16-19/h12-16H,8-11,17-18H2,1-7H3. The van der Waals surface area contributed by atoms with Crippen LogP contribution >= 0.6 is 0 Å². The van der Waals surface area contributed by atoms with E-state index < -0.39 is 19.3 Å². The summed E-state index contributed by atoms with van der Waals surface area (Å²) < 4.78 is 12.5. The molecule has 1 aromatic rings. The molecule has 4 heteroatoms. The smallest absolute Gasteiger partial charge is 0.319 e. The van der Waals surface area contributed by atoms with E-state index in [0.29, 0.717) is 5.75 Å². The summed E-state index contributed by atoms with van der Waals surface area (Å²) in [4.78, 5) is 13.2. The molecule has 0 radical (unpaired) electrons. The molecule has 0 aliphatic rings. The SMILES string of the molecule is CCCCC(CCCC)(O[Si](C)(C)C)C(C)(C)C(=O)Oc1ccccc1. The van der Waals surface area contributed by atoms with Gasteiger partial charge in [0.1, 0.15) is 5.75 Å². The van der Waals surface area contributed by atoms with E-state index in [-0.39, 0.29) is 5.97 Å². The van der Waals surface area contributed by atoms with Gasteiger partial charge < -0.3 is 9.16 Å². The molecule has 0 aliphatic heterocycles. The van der Waals surface area contributed by atoms with Gasteiger partial charge in [-0.2, -0.15) is 0 Å². The Labute approximate surface area is 161 Å². The maximum atomic E-state index is 13.2. The van der Waals surface area contributed by atoms with Crippen molar-refractivity contribution >= 4 is 14.3 Å². The van der Waals surface area contributed by atoms with Gasteiger partial charge in [-0.05, 0) is 58.5 Å². The Morgan fingerprint density at radius 2 is 1.46 bits per heavy atom. The highest BCUT2D eigenvalue weighted by atomic mass is 28.4. The summed E-state index contributed by atoms with van der Waals surface area (Å²) in [7, 11) is -1.85. The molecule has 1 rings (SSSR count). The number of hydrogen-bond donors (Lipinski definition) is 0. The van der Waals surface area contributed by atoms with Crippen LogP contribution in [0.4, 0.5) is 0 Å². The van der Waals surface area contributed by atoms with E-state index in [2.05, 4.69) is 33.5 Å². The molecule has 0 fully saturated rings. The molecule has 0 heterocycles. The van der Waals surface area contributed by atoms with Crippen molar-refractivity contribution in [2.45, 2.75) is 91.5 Å². The monoisotopic (exact) mass is 378 g/mol. The fourth-order valence-electron chi connectivity index (χ4n) is 3.40. The molecule has 0 atom stereocenters. The number of rotatable bonds is 11. The van der Waals surface area contributed by atoms with Crippen molar-refractivity contribution in [1.29, 1.82) is 0 Å². The van der Waals surface area contributed by atoms with Crippen LogP contribution in [0.2, 0.25) is 19.6 Å². The van der Waals surface area contributed by atoms with Gasteiger partial charge in [0.15, 0.2) is 8.32 Å². The van der Waals surface area contributed by atoms with Crippen LogP contribution in [-0.2, 0) is 9.22 Å². The van der Waals surface area contributed by atoms with Gasteiger partial charge in [0, 0.05) is 0 Å². The summed E-state index contributed by atoms with van der Waals surface area (Å²) in [6, 6.07) is 9.34. The van der Waals surface area contributed by atoms with Crippen molar-refractivity contribution in [2.24, 2.45) is 5.41 Å². The summed E-state index contributed by atoms with van der Waals surface area (Å²) in [5.41, 5.74) is -1.19. The van der Waals surface area contributed by atoms with Crippen molar-refractivity contribution in [3.05, 3.63) is 30.3 Å². The van der Waals surface area contributed by atoms with E-state index >= 15 is 0 Å². The highest BCUT2D eigenvalue weighted by Gasteiger charge is 2.52. The number of ether oxygens (including phenoxy) is 1. The molecule has 0 saturated carbocycles. The number of hydrogen-bond acceptors (Lipinski definition) is 3. The Balaban J connectivity index is 3.22. The first-order valence-corrected chi connectivity index (χ1v) is 13.5. The average molecular weight is 379 g/mol. The third kappa shape index (κ3) is 6.24. The van der Waals surface area contributed by atoms with Crippen molar-refractivity contribution in [2.75, 3.05) is 0 Å². The Hall–Kier alpha value is -1.13. The van der Waals surface area contributed by atoms with E-state index in [0.717, 1.165) is 38.5 Å². The Bertz CT molecular complexity index is 538. The minimum absolute atomic E-state index is 0.200. The molecule has 0 amide bonds. The van der Waals surface area contributed by atoms with Crippen LogP contribution in [0.25, 0.3) is 0 Å². The maximum absolute atomic E-state index is 13.2. The molecule has 0 spiro atoms. The average Bonchev–Trinajstić information content (AvgIpc) is 2.57. The molecular weight excluding hydrogens is 340 g/mol. The zero-order chi connectivity index (χ0) is 19.8. The number of para-hydroxylation sites is 1. The molecule has 0 bridgehead atoms. The molecule has 3 nitrogen and oxygen atoms in total. The van der Waals surface area contributed by atoms with Crippen LogP contribution in [0.5, 0.6) is 5.75 Å². The second kappa shape index (κ2) is 9.70. The quantitative estimate of drug-likeness (QED) is 0.247. The second-order valence-electron chi connectivity index (χ2n) is 8.74. The van der Waals surface area contributed by atoms with Crippen LogP contribution in [0.1, 0.15) is 66.2 Å². The third-order valence-corrected chi connectivity index (χ3v) is 5.98. The van der Waals surface area contributed by atoms with Crippen LogP contribution < -0.4 is 4.74 Å². The minimum atomic E-state index is -1.85. The van der Waals surface area contributed by atoms with Gasteiger partial charge in [0.25, 0.3) is 0 Å². The molecule has 0 saturated heterocycles. The lowest BCUT2D eigenvalue weighted by Crippen LogP contribution is -2.57. The lowest BCUT2D eigenvalue weighted by molar-refractivity contribution is -0.161. The van der Waals surface area contributed by atoms with Gasteiger partial charge in [-0.3, -0.25) is 4.79 Å². The first-order chi connectivity index (χ1) is 12.1. The maximum Gasteiger partial charge on any atom is 0.319 e. The Morgan fingerprint density at radius 1 is 0.962 bits per heavy atom. The Morgan fingerprint density at radius 3 is 1.88 bits per heavy atom. The Kier molecular flexibility index (Phi) is 8.55. The summed E-state index contributed by atoms with van der Waals surface area (Å²) in [5.74, 6) is 0.396. The summed E-state index contributed by atoms with van der Waals surface area (Å²) in [6.07, 6.45) is 6.07. The predicted molar refractivity (Wildman–Crippen MR) is 112 cm³/mol. The fraction of sp³-hybridized carbons (Fsp3) is 0.682. The van der Waals surface area contributed by atoms with Crippen molar-refractivity contribution in [1.82, 2.24) is 0 Å². The van der Waals surface area contributed by atoms with Gasteiger partial charge in [0.05, 0.1) is 11.0 Å². The molecule has 0 aliphatic carbocycles. The van der Waals surface area contributed by atoms with Crippen molar-refractivity contribution in [3.63, 3.8) is 0 Å². The molecular formula is C22H38O3Si. The summed E-state index contributed by atoms with van der Waals surface area (Å²) in [6.45, 7) is 15.0. The van der Waals surface area contributed by atoms with Gasteiger partial charge >= 0.3 is 5.97 Å². The number of unbranched alkanes of at least 4 members (excludes halogenated alkanes) is 2. The predicted octanol–water partition coefficient (Wildman–Crippen LogP) is 6.59. The zero-order valence-electron chi connectivity index (χ0n) is 17.9. The normalized spacial score (nSPS) is 12.9. The highest BCUT2D eigenvalue weighted by molar-refractivity contribution is 6.69. The summed E-state index contributed by atoms with van der Waals surface area (Å²) >= 11 is 0. The highest BCUT2D eigenvalue weighted by Crippen LogP contribution is 2.45. The largest absolute Gasteiger partial charge is 0.426 e. The molecule has 26 heavy (non-hydrogen) atoms. The molecule has 0 N–H and O–H groups in total. The van der Waals surface area contributed by atoms with E-state index in [9.17, 15) is 4.79 Å². The van der Waals surface area contributed by atoms with Crippen molar-refractivity contribution in [3.8, 4) is 5.75 Å². The third-order valence-electron chi connectivity index (χ3n) is 4.97. The zero-order valence-corrected chi connectivity index (χ0v) is 18.9. The number of carbonyl (C=O) groups is 1. The molecule has 0 aromatic heterocycles. The molecule has 1 aromatic carbocycles. The van der Waals surface area contributed by atoms with Crippen LogP contribution in [0.3, 0.4) is 0 Å². The van der Waals surface area contributed by atoms with Gasteiger partial charge in [-0.1, -0.05) is 57.7 Å². The van der Waals surface area contributed by atoms with Crippen molar-refractivity contribution < 1.29 is 14.0 Å². The van der Waals surface area contributed by atoms with Crippen LogP contribution in [0.15, 0.2) is 30.3 Å². The van der Waals surface area contributed by atoms with E-state index in [1.54, 1.807) is 0 Å². The van der Waals surface area contributed by atoms with E-state index in [1.807, 2.05) is 44.2 Å². The van der Waals surface area contributed by atoms with Gasteiger partial charge in [-0.25, -0.2) is 0 Å². The number of esters is 1. The van der Waals surface area contributed by atoms with Gasteiger partial charge in [0.2, 0.25) is 0 Å². The fourth-order valence-corrected chi connectivity index (χ4v) is 5.03. The first-order valence-electron chi connectivity index (χ1n) is 10.1. The number of benzene rings is 1. The lowest BCUT2D eigenvalue weighted by Gasteiger charge is -2.48. The van der Waals surface area contributed by atoms with E-state index in [4.69, 9.17) is 9.16 Å². The van der Waals surface area contributed by atoms with Gasteiger partial charge in [-0.15, -0.1) is 0 Å². The molecule has 148 valence electrons. The lowest BCUT2D eigenvalue weighted by atomic mass is 9.69. The second-order valence-corrected chi connectivity index (χ2v) is 13.2. The number of carbonyl (C=O) groups excluding carboxylic acids is 1. The molecule has 0 unspecified atom stereocenters. The van der Waals surface area contributed by atoms with E-state index in [1.165, 1.54) is 0 Å². The minimum Gasteiger partial charge on any atom is -0.426 e. The van der Waals surface area contributed by atoms with Crippen LogP contribution in [-0.4, -0.2) is 19.9 Å². The topological polar surface area (TPSA) is 35.5 Å².